The molecular formula is C17H12ClN3O2. The number of benzene rings is 2. The molecule has 6 heteroatoms. The van der Waals surface area contributed by atoms with Crippen molar-refractivity contribution in [3.05, 3.63) is 77.0 Å². The van der Waals surface area contributed by atoms with E-state index in [9.17, 15) is 9.59 Å². The van der Waals surface area contributed by atoms with Gasteiger partial charge in [0.1, 0.15) is 11.6 Å². The number of nitrogens with one attached hydrogen (secondary N) is 2. The van der Waals surface area contributed by atoms with E-state index in [1.54, 1.807) is 60.7 Å². The smallest absolute Gasteiger partial charge is 0.270 e. The van der Waals surface area contributed by atoms with Crippen molar-refractivity contribution in [3.8, 4) is 6.07 Å². The number of nitriles is 1. The summed E-state index contributed by atoms with van der Waals surface area (Å²) in [5, 5.41) is 14.5. The normalized spacial score (nSPS) is 10.5. The van der Waals surface area contributed by atoms with Gasteiger partial charge in [-0.2, -0.15) is 5.26 Å². The number of hydrogen-bond donors (Lipinski definition) is 2. The summed E-state index contributed by atoms with van der Waals surface area (Å²) in [6.45, 7) is 0. The van der Waals surface area contributed by atoms with Crippen LogP contribution in [0.2, 0.25) is 5.02 Å². The lowest BCUT2D eigenvalue weighted by Gasteiger charge is -2.04. The SMILES string of the molecule is N#C/C(=C/Nc1cccc(Cl)c1)C(=O)NC(=O)c1ccccc1. The number of imide groups is 1. The quantitative estimate of drug-likeness (QED) is 0.668. The first-order valence-electron chi connectivity index (χ1n) is 6.63. The molecule has 0 aliphatic heterocycles. The van der Waals surface area contributed by atoms with Crippen LogP contribution >= 0.6 is 11.6 Å². The lowest BCUT2D eigenvalue weighted by Crippen LogP contribution is -2.31. The Balaban J connectivity index is 2.05. The summed E-state index contributed by atoms with van der Waals surface area (Å²) in [6.07, 6.45) is 1.22. The van der Waals surface area contributed by atoms with Crippen molar-refractivity contribution in [2.75, 3.05) is 5.32 Å². The average Bonchev–Trinajstić information content (AvgIpc) is 2.56. The lowest BCUT2D eigenvalue weighted by atomic mass is 10.2. The maximum absolute atomic E-state index is 12.0. The minimum Gasteiger partial charge on any atom is -0.360 e. The van der Waals surface area contributed by atoms with Crippen LogP contribution in [0.3, 0.4) is 0 Å². The van der Waals surface area contributed by atoms with Gasteiger partial charge in [0.2, 0.25) is 0 Å². The Morgan fingerprint density at radius 1 is 1.09 bits per heavy atom. The molecule has 2 aromatic rings. The van der Waals surface area contributed by atoms with Crippen LogP contribution in [0.15, 0.2) is 66.4 Å². The Bertz CT molecular complexity index is 795. The van der Waals surface area contributed by atoms with Gasteiger partial charge in [0.25, 0.3) is 11.8 Å². The zero-order valence-corrected chi connectivity index (χ0v) is 12.7. The average molecular weight is 326 g/mol. The first-order valence-corrected chi connectivity index (χ1v) is 7.01. The molecule has 0 saturated carbocycles. The highest BCUT2D eigenvalue weighted by Gasteiger charge is 2.14. The number of hydrogen-bond acceptors (Lipinski definition) is 4. The Hall–Kier alpha value is -3.10. The molecule has 2 N–H and O–H groups in total. The Labute approximate surface area is 138 Å². The van der Waals surface area contributed by atoms with Gasteiger partial charge in [-0.15, -0.1) is 0 Å². The minimum absolute atomic E-state index is 0.228. The summed E-state index contributed by atoms with van der Waals surface area (Å²) in [6, 6.07) is 16.8. The van der Waals surface area contributed by atoms with Crippen molar-refractivity contribution in [1.29, 1.82) is 5.26 Å². The molecule has 0 aromatic heterocycles. The third-order valence-corrected chi connectivity index (χ3v) is 3.07. The van der Waals surface area contributed by atoms with E-state index in [0.29, 0.717) is 16.3 Å². The number of amides is 2. The molecule has 0 fully saturated rings. The second kappa shape index (κ2) is 7.78. The Morgan fingerprint density at radius 2 is 1.83 bits per heavy atom. The van der Waals surface area contributed by atoms with Crippen LogP contribution in [-0.4, -0.2) is 11.8 Å². The van der Waals surface area contributed by atoms with Crippen LogP contribution in [0.25, 0.3) is 0 Å². The summed E-state index contributed by atoms with van der Waals surface area (Å²) in [4.78, 5) is 23.8. The van der Waals surface area contributed by atoms with E-state index in [0.717, 1.165) is 0 Å². The Kier molecular flexibility index (Phi) is 5.50. The molecule has 0 heterocycles. The first-order chi connectivity index (χ1) is 11.1. The molecule has 0 aliphatic carbocycles. The zero-order valence-electron chi connectivity index (χ0n) is 11.9. The maximum atomic E-state index is 12.0. The molecule has 23 heavy (non-hydrogen) atoms. The fraction of sp³-hybridized carbons (Fsp3) is 0. The van der Waals surface area contributed by atoms with Gasteiger partial charge in [-0.05, 0) is 30.3 Å². The van der Waals surface area contributed by atoms with Crippen LogP contribution in [0, 0.1) is 11.3 Å². The highest BCUT2D eigenvalue weighted by Crippen LogP contribution is 2.15. The molecule has 0 atom stereocenters. The van der Waals surface area contributed by atoms with Crippen LogP contribution in [-0.2, 0) is 4.79 Å². The van der Waals surface area contributed by atoms with Crippen molar-refractivity contribution < 1.29 is 9.59 Å². The summed E-state index contributed by atoms with van der Waals surface area (Å²) in [7, 11) is 0. The summed E-state index contributed by atoms with van der Waals surface area (Å²) >= 11 is 5.84. The molecule has 0 saturated heterocycles. The molecule has 5 nitrogen and oxygen atoms in total. The second-order valence-electron chi connectivity index (χ2n) is 4.47. The molecule has 0 unspecified atom stereocenters. The third-order valence-electron chi connectivity index (χ3n) is 2.84. The van der Waals surface area contributed by atoms with Crippen molar-refractivity contribution in [2.45, 2.75) is 0 Å². The first kappa shape index (κ1) is 16.3. The minimum atomic E-state index is -0.782. The highest BCUT2D eigenvalue weighted by atomic mass is 35.5. The van der Waals surface area contributed by atoms with Crippen molar-refractivity contribution >= 4 is 29.1 Å². The number of carbonyl (C=O) groups is 2. The van der Waals surface area contributed by atoms with E-state index in [4.69, 9.17) is 16.9 Å². The van der Waals surface area contributed by atoms with Gasteiger partial charge in [-0.1, -0.05) is 35.9 Å². The standard InChI is InChI=1S/C17H12ClN3O2/c18-14-7-4-8-15(9-14)20-11-13(10-19)17(23)21-16(22)12-5-2-1-3-6-12/h1-9,11,20H,(H,21,22,23)/b13-11-. The summed E-state index contributed by atoms with van der Waals surface area (Å²) in [5.74, 6) is -1.35. The lowest BCUT2D eigenvalue weighted by molar-refractivity contribution is -0.116. The summed E-state index contributed by atoms with van der Waals surface area (Å²) < 4.78 is 0. The van der Waals surface area contributed by atoms with E-state index in [2.05, 4.69) is 10.6 Å². The van der Waals surface area contributed by atoms with E-state index >= 15 is 0 Å². The maximum Gasteiger partial charge on any atom is 0.270 e. The number of anilines is 1. The molecule has 0 spiro atoms. The monoisotopic (exact) mass is 325 g/mol. The third kappa shape index (κ3) is 4.70. The van der Waals surface area contributed by atoms with Gasteiger partial charge in [-0.3, -0.25) is 14.9 Å². The van der Waals surface area contributed by atoms with E-state index < -0.39 is 11.8 Å². The number of halogens is 1. The van der Waals surface area contributed by atoms with Crippen molar-refractivity contribution in [1.82, 2.24) is 5.32 Å². The van der Waals surface area contributed by atoms with E-state index in [1.807, 2.05) is 0 Å². The van der Waals surface area contributed by atoms with Crippen LogP contribution in [0.5, 0.6) is 0 Å². The predicted octanol–water partition coefficient (Wildman–Crippen LogP) is 3.12. The van der Waals surface area contributed by atoms with Gasteiger partial charge in [0.05, 0.1) is 0 Å². The van der Waals surface area contributed by atoms with Crippen LogP contribution < -0.4 is 10.6 Å². The zero-order chi connectivity index (χ0) is 16.7. The molecule has 0 radical (unpaired) electrons. The van der Waals surface area contributed by atoms with Gasteiger partial charge in [0.15, 0.2) is 0 Å². The second-order valence-corrected chi connectivity index (χ2v) is 4.91. The number of rotatable bonds is 4. The number of carbonyl (C=O) groups excluding carboxylic acids is 2. The van der Waals surface area contributed by atoms with E-state index in [1.165, 1.54) is 6.20 Å². The van der Waals surface area contributed by atoms with Crippen LogP contribution in [0.4, 0.5) is 5.69 Å². The summed E-state index contributed by atoms with van der Waals surface area (Å²) in [5.41, 5.74) is 0.725. The van der Waals surface area contributed by atoms with Crippen LogP contribution in [0.1, 0.15) is 10.4 Å². The largest absolute Gasteiger partial charge is 0.360 e. The molecule has 0 aliphatic rings. The molecule has 2 amide bonds. The Morgan fingerprint density at radius 3 is 2.48 bits per heavy atom. The van der Waals surface area contributed by atoms with E-state index in [-0.39, 0.29) is 5.57 Å². The molecule has 2 aromatic carbocycles. The highest BCUT2D eigenvalue weighted by molar-refractivity contribution is 6.30. The van der Waals surface area contributed by atoms with Gasteiger partial charge in [-0.25, -0.2) is 0 Å². The topological polar surface area (TPSA) is 82.0 Å². The molecule has 114 valence electrons. The predicted molar refractivity (Wildman–Crippen MR) is 87.7 cm³/mol. The molecule has 2 rings (SSSR count). The fourth-order valence-corrected chi connectivity index (χ4v) is 1.90. The van der Waals surface area contributed by atoms with Gasteiger partial charge in [0, 0.05) is 22.5 Å². The van der Waals surface area contributed by atoms with Crippen molar-refractivity contribution in [2.24, 2.45) is 0 Å². The molecule has 0 bridgehead atoms. The fourth-order valence-electron chi connectivity index (χ4n) is 1.71. The van der Waals surface area contributed by atoms with Gasteiger partial charge < -0.3 is 5.32 Å². The van der Waals surface area contributed by atoms with Gasteiger partial charge >= 0.3 is 0 Å². The molecular weight excluding hydrogens is 314 g/mol. The number of nitrogens with zero attached hydrogens (tertiary/aromatic N) is 1. The van der Waals surface area contributed by atoms with Crippen molar-refractivity contribution in [3.63, 3.8) is 0 Å².